The van der Waals surface area contributed by atoms with Crippen molar-refractivity contribution in [2.45, 2.75) is 75.7 Å². The molecule has 0 radical (unpaired) electrons. The molecule has 1 aromatic carbocycles. The van der Waals surface area contributed by atoms with Crippen LogP contribution in [0.5, 0.6) is 0 Å². The van der Waals surface area contributed by atoms with E-state index < -0.39 is 54.6 Å². The van der Waals surface area contributed by atoms with Gasteiger partial charge in [-0.25, -0.2) is 23.2 Å². The minimum absolute atomic E-state index is 0.0389. The number of rotatable bonds is 9. The maximum atomic E-state index is 14.0. The van der Waals surface area contributed by atoms with Gasteiger partial charge in [-0.2, -0.15) is 13.2 Å². The first-order valence-corrected chi connectivity index (χ1v) is 13.8. The maximum Gasteiger partial charge on any atom is 0.410 e. The lowest BCUT2D eigenvalue weighted by Crippen LogP contribution is -2.40. The first-order chi connectivity index (χ1) is 20.3. The number of carbonyl (C=O) groups excluding carboxylic acids is 2. The molecule has 234 valence electrons. The summed E-state index contributed by atoms with van der Waals surface area (Å²) in [4.78, 5) is 31.3. The second kappa shape index (κ2) is 11.7. The Kier molecular flexibility index (Phi) is 8.33. The van der Waals surface area contributed by atoms with Crippen LogP contribution in [-0.2, 0) is 4.74 Å². The molecule has 1 aliphatic carbocycles. The Balaban J connectivity index is 1.46. The molecule has 3 amide bonds. The predicted octanol–water partition coefficient (Wildman–Crippen LogP) is 5.27. The molecule has 1 saturated heterocycles. The van der Waals surface area contributed by atoms with E-state index in [2.05, 4.69) is 20.6 Å². The van der Waals surface area contributed by atoms with Gasteiger partial charge in [0, 0.05) is 25.9 Å². The molecular weight excluding hydrogens is 583 g/mol. The Labute approximate surface area is 242 Å². The molecule has 2 aromatic heterocycles. The van der Waals surface area contributed by atoms with Gasteiger partial charge in [0.2, 0.25) is 11.8 Å². The molecule has 11 nitrogen and oxygen atoms in total. The summed E-state index contributed by atoms with van der Waals surface area (Å²) in [5, 5.41) is 12.3. The number of hydrogen-bond acceptors (Lipinski definition) is 8. The summed E-state index contributed by atoms with van der Waals surface area (Å²) >= 11 is 0. The van der Waals surface area contributed by atoms with Crippen molar-refractivity contribution in [1.82, 2.24) is 30.8 Å². The van der Waals surface area contributed by atoms with Crippen LogP contribution < -0.4 is 10.6 Å². The summed E-state index contributed by atoms with van der Waals surface area (Å²) in [6.07, 6.45) is -5.17. The number of amides is 3. The molecular formula is C27H31F5N6O5. The molecule has 3 unspecified atom stereocenters. The fraction of sp³-hybridized carbons (Fsp3) is 0.593. The minimum atomic E-state index is -4.62. The Morgan fingerprint density at radius 1 is 1.23 bits per heavy atom. The topological polar surface area (TPSA) is 136 Å². The van der Waals surface area contributed by atoms with Crippen molar-refractivity contribution in [3.8, 4) is 0 Å². The van der Waals surface area contributed by atoms with Crippen molar-refractivity contribution in [3.63, 3.8) is 0 Å². The number of benzene rings is 1. The number of hydrogen-bond donors (Lipinski definition) is 2. The molecule has 3 atom stereocenters. The normalized spacial score (nSPS) is 20.9. The predicted molar refractivity (Wildman–Crippen MR) is 139 cm³/mol. The van der Waals surface area contributed by atoms with E-state index in [0.717, 1.165) is 4.90 Å². The highest BCUT2D eigenvalue weighted by Gasteiger charge is 2.48. The fourth-order valence-electron chi connectivity index (χ4n) is 5.56. The lowest BCUT2D eigenvalue weighted by molar-refractivity contribution is -0.150. The third-order valence-electron chi connectivity index (χ3n) is 7.91. The Hall–Kier alpha value is -3.82. The van der Waals surface area contributed by atoms with E-state index in [1.807, 2.05) is 5.32 Å². The summed E-state index contributed by atoms with van der Waals surface area (Å²) in [6.45, 7) is 2.92. The number of carbonyl (C=O) groups is 2. The van der Waals surface area contributed by atoms with Gasteiger partial charge in [-0.1, -0.05) is 25.1 Å². The number of aromatic nitrogens is 3. The highest BCUT2D eigenvalue weighted by atomic mass is 19.4. The van der Waals surface area contributed by atoms with Gasteiger partial charge < -0.3 is 24.7 Å². The zero-order chi connectivity index (χ0) is 31.1. The average molecular weight is 615 g/mol. The van der Waals surface area contributed by atoms with E-state index in [1.165, 1.54) is 7.11 Å². The van der Waals surface area contributed by atoms with Gasteiger partial charge >= 0.3 is 12.2 Å². The van der Waals surface area contributed by atoms with E-state index in [1.54, 1.807) is 32.0 Å². The van der Waals surface area contributed by atoms with Crippen LogP contribution in [0.25, 0.3) is 11.1 Å². The smallest absolute Gasteiger partial charge is 0.410 e. The number of nitrogens with one attached hydrogen (secondary N) is 2. The molecule has 1 saturated carbocycles. The molecule has 2 fully saturated rings. The number of nitrogens with zero attached hydrogens (tertiary/aromatic N) is 4. The van der Waals surface area contributed by atoms with Gasteiger partial charge in [-0.3, -0.25) is 4.79 Å². The van der Waals surface area contributed by atoms with Crippen LogP contribution in [0, 0.1) is 5.92 Å². The largest absolute Gasteiger partial charge is 0.438 e. The average Bonchev–Trinajstić information content (AvgIpc) is 3.68. The zero-order valence-corrected chi connectivity index (χ0v) is 23.6. The first-order valence-electron chi connectivity index (χ1n) is 13.8. The van der Waals surface area contributed by atoms with Gasteiger partial charge in [0.25, 0.3) is 5.91 Å². The molecule has 0 bridgehead atoms. The van der Waals surface area contributed by atoms with Crippen LogP contribution in [-0.4, -0.2) is 70.5 Å². The quantitative estimate of drug-likeness (QED) is 0.311. The van der Waals surface area contributed by atoms with Crippen molar-refractivity contribution in [2.75, 3.05) is 20.3 Å². The third kappa shape index (κ3) is 6.43. The van der Waals surface area contributed by atoms with E-state index in [0.29, 0.717) is 22.4 Å². The number of urea groups is 1. The van der Waals surface area contributed by atoms with Crippen LogP contribution in [0.2, 0.25) is 0 Å². The number of alkyl halides is 5. The second-order valence-corrected chi connectivity index (χ2v) is 11.2. The number of fused-ring (bicyclic) bond motifs is 1. The van der Waals surface area contributed by atoms with Crippen molar-refractivity contribution >= 4 is 23.0 Å². The summed E-state index contributed by atoms with van der Waals surface area (Å²) < 4.78 is 83.9. The van der Waals surface area contributed by atoms with Gasteiger partial charge in [0.1, 0.15) is 23.3 Å². The first kappa shape index (κ1) is 30.6. The Bertz CT molecular complexity index is 1460. The minimum Gasteiger partial charge on any atom is -0.438 e. The van der Waals surface area contributed by atoms with Gasteiger partial charge in [0.05, 0.1) is 19.2 Å². The van der Waals surface area contributed by atoms with Gasteiger partial charge in [-0.05, 0) is 41.6 Å². The van der Waals surface area contributed by atoms with Crippen LogP contribution in [0.15, 0.2) is 27.2 Å². The number of ether oxygens (including phenoxy) is 1. The molecule has 3 heterocycles. The summed E-state index contributed by atoms with van der Waals surface area (Å²) in [5.74, 6) is -3.99. The zero-order valence-electron chi connectivity index (χ0n) is 23.6. The standard InChI is InChI=1S/C27H31F5N6O5/c1-13(2)20-22(37-43-36-20)23(39)35-21(14-6-8-26(28,29)9-7-14)24-33-16-10-15(4-5-18(16)42-24)17(12-41-3)38-11-19(27(30,31)32)34-25(38)40/h4-5,10,13-14,17,19,21H,6-9,11-12H2,1-3H3,(H,34,40)(H,35,39). The molecule has 5 rings (SSSR count). The SMILES string of the molecule is COCC(c1ccc2oc(C(NC(=O)c3nonc3C(C)C)C3CCC(F)(F)CC3)nc2c1)N1CC(C(F)(F)F)NC1=O. The van der Waals surface area contributed by atoms with Gasteiger partial charge in [-0.15, -0.1) is 0 Å². The Morgan fingerprint density at radius 2 is 1.95 bits per heavy atom. The van der Waals surface area contributed by atoms with Crippen LogP contribution >= 0.6 is 0 Å². The van der Waals surface area contributed by atoms with E-state index in [4.69, 9.17) is 13.8 Å². The Morgan fingerprint density at radius 3 is 2.58 bits per heavy atom. The molecule has 43 heavy (non-hydrogen) atoms. The van der Waals surface area contributed by atoms with Crippen LogP contribution in [0.3, 0.4) is 0 Å². The third-order valence-corrected chi connectivity index (χ3v) is 7.91. The van der Waals surface area contributed by atoms with Gasteiger partial charge in [0.15, 0.2) is 11.3 Å². The van der Waals surface area contributed by atoms with Crippen molar-refractivity contribution < 1.29 is 45.3 Å². The number of oxazole rings is 1. The monoisotopic (exact) mass is 614 g/mol. The highest BCUT2D eigenvalue weighted by molar-refractivity contribution is 5.93. The lowest BCUT2D eigenvalue weighted by atomic mass is 9.82. The molecule has 2 N–H and O–H groups in total. The summed E-state index contributed by atoms with van der Waals surface area (Å²) in [5.41, 5.74) is 1.33. The molecule has 3 aromatic rings. The molecule has 0 spiro atoms. The second-order valence-electron chi connectivity index (χ2n) is 11.2. The fourth-order valence-corrected chi connectivity index (χ4v) is 5.56. The number of methoxy groups -OCH3 is 1. The van der Waals surface area contributed by atoms with Crippen molar-refractivity contribution in [3.05, 3.63) is 41.0 Å². The molecule has 1 aliphatic heterocycles. The van der Waals surface area contributed by atoms with E-state index in [-0.39, 0.29) is 49.8 Å². The summed E-state index contributed by atoms with van der Waals surface area (Å²) in [7, 11) is 1.37. The van der Waals surface area contributed by atoms with Crippen LogP contribution in [0.4, 0.5) is 26.7 Å². The molecule has 2 aliphatic rings. The maximum absolute atomic E-state index is 14.0. The van der Waals surface area contributed by atoms with E-state index in [9.17, 15) is 31.5 Å². The van der Waals surface area contributed by atoms with E-state index >= 15 is 0 Å². The van der Waals surface area contributed by atoms with Crippen molar-refractivity contribution in [1.29, 1.82) is 0 Å². The lowest BCUT2D eigenvalue weighted by Gasteiger charge is -2.32. The van der Waals surface area contributed by atoms with Crippen molar-refractivity contribution in [2.24, 2.45) is 5.92 Å². The number of halogens is 5. The van der Waals surface area contributed by atoms with Crippen LogP contribution in [0.1, 0.15) is 85.2 Å². The molecule has 16 heteroatoms. The highest BCUT2D eigenvalue weighted by Crippen LogP contribution is 2.42. The summed E-state index contributed by atoms with van der Waals surface area (Å²) in [6, 6.07) is 0.0167.